The lowest BCUT2D eigenvalue weighted by Crippen LogP contribution is -3.13. The number of anilines is 1. The summed E-state index contributed by atoms with van der Waals surface area (Å²) >= 11 is 0. The third-order valence-corrected chi connectivity index (χ3v) is 9.14. The molecule has 0 radical (unpaired) electrons. The largest absolute Gasteiger partial charge is 0.454 e. The van der Waals surface area contributed by atoms with E-state index in [1.807, 2.05) is 43.3 Å². The lowest BCUT2D eigenvalue weighted by Gasteiger charge is -2.34. The number of nitrogens with zero attached hydrogens (tertiary/aromatic N) is 4. The molecule has 1 saturated heterocycles. The molecule has 3 aromatic carbocycles. The number of nitriles is 1. The quantitative estimate of drug-likeness (QED) is 0.396. The summed E-state index contributed by atoms with van der Waals surface area (Å²) in [6.07, 6.45) is 0. The van der Waals surface area contributed by atoms with Gasteiger partial charge in [0, 0.05) is 5.56 Å². The van der Waals surface area contributed by atoms with E-state index in [1.54, 1.807) is 30.3 Å². The highest BCUT2D eigenvalue weighted by atomic mass is 32.2. The molecule has 2 aliphatic heterocycles. The third-order valence-electron chi connectivity index (χ3n) is 7.26. The highest BCUT2D eigenvalue weighted by molar-refractivity contribution is 7.92. The van der Waals surface area contributed by atoms with Gasteiger partial charge in [0.2, 0.25) is 16.6 Å². The second-order valence-electron chi connectivity index (χ2n) is 9.89. The zero-order valence-corrected chi connectivity index (χ0v) is 22.3. The van der Waals surface area contributed by atoms with Crippen molar-refractivity contribution in [3.8, 4) is 17.6 Å². The zero-order valence-electron chi connectivity index (χ0n) is 21.5. The number of rotatable bonds is 6. The first kappa shape index (κ1) is 25.1. The number of hydrogen-bond donors (Lipinski definition) is 1. The molecule has 4 aromatic rings. The summed E-state index contributed by atoms with van der Waals surface area (Å²) in [5.74, 6) is 2.01. The number of para-hydroxylation sites is 2. The predicted octanol–water partition coefficient (Wildman–Crippen LogP) is 2.61. The molecule has 1 aromatic heterocycles. The molecular formula is C29H28N5O4S+. The van der Waals surface area contributed by atoms with Crippen LogP contribution < -0.4 is 19.3 Å². The van der Waals surface area contributed by atoms with Crippen LogP contribution in [0.25, 0.3) is 11.0 Å². The predicted molar refractivity (Wildman–Crippen MR) is 145 cm³/mol. The fourth-order valence-electron chi connectivity index (χ4n) is 5.11. The Hall–Kier alpha value is -4.20. The number of piperazine rings is 1. The van der Waals surface area contributed by atoms with E-state index >= 15 is 0 Å². The molecule has 0 aliphatic carbocycles. The molecule has 198 valence electrons. The van der Waals surface area contributed by atoms with Crippen molar-refractivity contribution in [1.82, 2.24) is 9.97 Å². The fourth-order valence-corrected chi connectivity index (χ4v) is 6.48. The normalized spacial score (nSPS) is 16.3. The van der Waals surface area contributed by atoms with Crippen molar-refractivity contribution in [1.29, 1.82) is 5.26 Å². The fraction of sp³-hybridized carbons (Fsp3) is 0.276. The number of fused-ring (bicyclic) bond motifs is 2. The zero-order chi connectivity index (χ0) is 27.0. The van der Waals surface area contributed by atoms with Crippen molar-refractivity contribution in [3.05, 3.63) is 83.6 Å². The van der Waals surface area contributed by atoms with Crippen molar-refractivity contribution < 1.29 is 22.8 Å². The van der Waals surface area contributed by atoms with Gasteiger partial charge in [-0.15, -0.1) is 0 Å². The van der Waals surface area contributed by atoms with Crippen molar-refractivity contribution >= 4 is 26.7 Å². The van der Waals surface area contributed by atoms with Crippen LogP contribution >= 0.6 is 0 Å². The number of aromatic nitrogens is 2. The van der Waals surface area contributed by atoms with E-state index in [0.29, 0.717) is 29.9 Å². The van der Waals surface area contributed by atoms with Crippen LogP contribution in [0.3, 0.4) is 0 Å². The average Bonchev–Trinajstić information content (AvgIpc) is 3.42. The summed E-state index contributed by atoms with van der Waals surface area (Å²) < 4.78 is 38.2. The summed E-state index contributed by atoms with van der Waals surface area (Å²) in [5, 5.41) is 8.68. The van der Waals surface area contributed by atoms with E-state index in [-0.39, 0.29) is 17.4 Å². The lowest BCUT2D eigenvalue weighted by molar-refractivity contribution is -0.914. The van der Waals surface area contributed by atoms with Gasteiger partial charge in [-0.05, 0) is 49.4 Å². The first-order valence-corrected chi connectivity index (χ1v) is 14.4. The molecule has 2 aliphatic rings. The second-order valence-corrected chi connectivity index (χ2v) is 11.9. The Morgan fingerprint density at radius 1 is 0.974 bits per heavy atom. The molecule has 1 atom stereocenters. The van der Waals surface area contributed by atoms with Gasteiger partial charge >= 0.3 is 0 Å². The van der Waals surface area contributed by atoms with Crippen LogP contribution in [-0.4, -0.2) is 51.4 Å². The Morgan fingerprint density at radius 3 is 2.38 bits per heavy atom. The minimum absolute atomic E-state index is 0.0959. The van der Waals surface area contributed by atoms with Crippen molar-refractivity contribution in [2.45, 2.75) is 23.6 Å². The van der Waals surface area contributed by atoms with Crippen LogP contribution in [0.1, 0.15) is 22.1 Å². The van der Waals surface area contributed by atoms with E-state index in [9.17, 15) is 13.7 Å². The van der Waals surface area contributed by atoms with Gasteiger partial charge in [0.1, 0.15) is 12.2 Å². The third kappa shape index (κ3) is 4.87. The molecule has 1 N–H and O–H groups in total. The monoisotopic (exact) mass is 542 g/mol. The van der Waals surface area contributed by atoms with Crippen molar-refractivity contribution in [3.63, 3.8) is 0 Å². The molecule has 0 amide bonds. The molecule has 9 nitrogen and oxygen atoms in total. The second kappa shape index (κ2) is 10.2. The van der Waals surface area contributed by atoms with Gasteiger partial charge in [-0.1, -0.05) is 29.8 Å². The topological polar surface area (TPSA) is 110 Å². The Bertz CT molecular complexity index is 1680. The minimum Gasteiger partial charge on any atom is -0.454 e. The number of hydrogen-bond acceptors (Lipinski definition) is 8. The molecule has 3 heterocycles. The summed E-state index contributed by atoms with van der Waals surface area (Å²) in [6.45, 7) is 5.94. The molecule has 1 fully saturated rings. The maximum Gasteiger partial charge on any atom is 0.231 e. The van der Waals surface area contributed by atoms with E-state index in [2.05, 4.69) is 11.0 Å². The van der Waals surface area contributed by atoms with Crippen LogP contribution in [0, 0.1) is 18.3 Å². The summed E-state index contributed by atoms with van der Waals surface area (Å²) in [7, 11) is -4.02. The van der Waals surface area contributed by atoms with Crippen LogP contribution in [0.15, 0.2) is 71.6 Å². The Labute approximate surface area is 227 Å². The number of ether oxygens (including phenoxy) is 2. The minimum atomic E-state index is -4.02. The summed E-state index contributed by atoms with van der Waals surface area (Å²) in [4.78, 5) is 13.1. The van der Waals surface area contributed by atoms with Crippen molar-refractivity contribution in [2.75, 3.05) is 37.9 Å². The van der Waals surface area contributed by atoms with Gasteiger partial charge in [-0.2, -0.15) is 5.26 Å². The van der Waals surface area contributed by atoms with E-state index in [0.717, 1.165) is 36.7 Å². The molecule has 0 saturated carbocycles. The smallest absolute Gasteiger partial charge is 0.231 e. The maximum absolute atomic E-state index is 13.7. The number of benzene rings is 3. The van der Waals surface area contributed by atoms with Gasteiger partial charge < -0.3 is 19.3 Å². The molecule has 10 heteroatoms. The number of quaternary nitrogens is 1. The van der Waals surface area contributed by atoms with Crippen LogP contribution in [0.4, 0.5) is 5.82 Å². The standard InChI is InChI=1S/C29H27N5O4S/c1-20-6-9-22(10-7-20)39(35,36)27(17-30)28-29(32-24-5-3-2-4-23(24)31-28)34-14-12-33(13-15-34)18-21-8-11-25-26(16-21)38-19-37-25/h2-11,16,27H,12-15,18-19H2,1H3/p+1/t27-/m0/s1. The van der Waals surface area contributed by atoms with Crippen LogP contribution in [-0.2, 0) is 16.4 Å². The Balaban J connectivity index is 1.29. The van der Waals surface area contributed by atoms with Crippen LogP contribution in [0.5, 0.6) is 11.5 Å². The average molecular weight is 543 g/mol. The van der Waals surface area contributed by atoms with E-state index < -0.39 is 15.1 Å². The number of sulfone groups is 1. The van der Waals surface area contributed by atoms with Gasteiger partial charge in [-0.3, -0.25) is 0 Å². The van der Waals surface area contributed by atoms with Gasteiger partial charge in [0.15, 0.2) is 22.6 Å². The highest BCUT2D eigenvalue weighted by Crippen LogP contribution is 2.34. The number of nitrogens with one attached hydrogen (secondary N) is 1. The van der Waals surface area contributed by atoms with Gasteiger partial charge in [-0.25, -0.2) is 18.4 Å². The first-order chi connectivity index (χ1) is 18.9. The van der Waals surface area contributed by atoms with E-state index in [4.69, 9.17) is 19.4 Å². The Morgan fingerprint density at radius 2 is 1.67 bits per heavy atom. The van der Waals surface area contributed by atoms with E-state index in [1.165, 1.54) is 10.5 Å². The summed E-state index contributed by atoms with van der Waals surface area (Å²) in [5.41, 5.74) is 3.51. The van der Waals surface area contributed by atoms with Crippen molar-refractivity contribution in [2.24, 2.45) is 0 Å². The molecule has 0 unspecified atom stereocenters. The molecule has 39 heavy (non-hydrogen) atoms. The molecule has 0 bridgehead atoms. The molecule has 6 rings (SSSR count). The Kier molecular flexibility index (Phi) is 6.54. The van der Waals surface area contributed by atoms with Crippen LogP contribution in [0.2, 0.25) is 0 Å². The lowest BCUT2D eigenvalue weighted by atomic mass is 10.1. The van der Waals surface area contributed by atoms with Gasteiger partial charge in [0.25, 0.3) is 0 Å². The molecule has 0 spiro atoms. The summed E-state index contributed by atoms with van der Waals surface area (Å²) in [6, 6.07) is 22.0. The number of aryl methyl sites for hydroxylation is 1. The molecular weight excluding hydrogens is 514 g/mol. The maximum atomic E-state index is 13.7. The highest BCUT2D eigenvalue weighted by Gasteiger charge is 2.36. The SMILES string of the molecule is Cc1ccc(S(=O)(=O)[C@@H](C#N)c2nc3ccccc3nc2N2CC[NH+](Cc3ccc4c(c3)OCO4)CC2)cc1. The first-order valence-electron chi connectivity index (χ1n) is 12.9. The van der Waals surface area contributed by atoms with Gasteiger partial charge in [0.05, 0.1) is 48.2 Å².